The summed E-state index contributed by atoms with van der Waals surface area (Å²) in [6, 6.07) is 25.5. The SMILES string of the molecule is O=C(O)CCC(NC(=O)OCC1c2ccccc2-c2ccccc21)C(=O)NCC1CCCN1Cc1ccccc1. The van der Waals surface area contributed by atoms with Gasteiger partial charge in [0.05, 0.1) is 0 Å². The average Bonchev–Trinajstić information content (AvgIpc) is 3.55. The van der Waals surface area contributed by atoms with Crippen molar-refractivity contribution < 1.29 is 24.2 Å². The molecule has 1 heterocycles. The van der Waals surface area contributed by atoms with E-state index in [1.54, 1.807) is 0 Å². The highest BCUT2D eigenvalue weighted by Crippen LogP contribution is 2.44. The van der Waals surface area contributed by atoms with Gasteiger partial charge < -0.3 is 20.5 Å². The lowest BCUT2D eigenvalue weighted by atomic mass is 9.98. The average molecular weight is 542 g/mol. The summed E-state index contributed by atoms with van der Waals surface area (Å²) in [4.78, 5) is 39.5. The van der Waals surface area contributed by atoms with Gasteiger partial charge in [0.15, 0.2) is 0 Å². The molecule has 0 bridgehead atoms. The zero-order valence-electron chi connectivity index (χ0n) is 22.4. The fourth-order valence-electron chi connectivity index (χ4n) is 5.81. The van der Waals surface area contributed by atoms with Crippen LogP contribution in [0.2, 0.25) is 0 Å². The summed E-state index contributed by atoms with van der Waals surface area (Å²) in [5.41, 5.74) is 5.65. The molecule has 8 heteroatoms. The monoisotopic (exact) mass is 541 g/mol. The van der Waals surface area contributed by atoms with Crippen LogP contribution in [0.25, 0.3) is 11.1 Å². The molecule has 5 rings (SSSR count). The van der Waals surface area contributed by atoms with Gasteiger partial charge in [0, 0.05) is 31.5 Å². The second kappa shape index (κ2) is 12.8. The van der Waals surface area contributed by atoms with E-state index in [2.05, 4.69) is 39.8 Å². The number of ether oxygens (including phenoxy) is 1. The van der Waals surface area contributed by atoms with Crippen LogP contribution in [-0.4, -0.2) is 59.8 Å². The van der Waals surface area contributed by atoms with E-state index in [9.17, 15) is 19.5 Å². The number of nitrogens with one attached hydrogen (secondary N) is 2. The first-order valence-corrected chi connectivity index (χ1v) is 13.9. The van der Waals surface area contributed by atoms with Crippen molar-refractivity contribution in [1.29, 1.82) is 0 Å². The van der Waals surface area contributed by atoms with Crippen LogP contribution in [0.15, 0.2) is 78.9 Å². The van der Waals surface area contributed by atoms with E-state index in [1.807, 2.05) is 54.6 Å². The highest BCUT2D eigenvalue weighted by Gasteiger charge is 2.31. The minimum atomic E-state index is -1.03. The van der Waals surface area contributed by atoms with Crippen molar-refractivity contribution in [2.45, 2.75) is 50.2 Å². The third kappa shape index (κ3) is 6.51. The van der Waals surface area contributed by atoms with E-state index < -0.39 is 24.0 Å². The van der Waals surface area contributed by atoms with Gasteiger partial charge in [0.25, 0.3) is 0 Å². The minimum Gasteiger partial charge on any atom is -0.481 e. The molecule has 3 N–H and O–H groups in total. The van der Waals surface area contributed by atoms with Crippen LogP contribution < -0.4 is 10.6 Å². The predicted octanol–water partition coefficient (Wildman–Crippen LogP) is 4.54. The number of carbonyl (C=O) groups is 3. The Balaban J connectivity index is 1.17. The van der Waals surface area contributed by atoms with Crippen molar-refractivity contribution in [2.75, 3.05) is 19.7 Å². The van der Waals surface area contributed by atoms with Crippen LogP contribution in [0.5, 0.6) is 0 Å². The normalized spacial score (nSPS) is 17.1. The van der Waals surface area contributed by atoms with Gasteiger partial charge in [-0.05, 0) is 53.6 Å². The number of benzene rings is 3. The number of fused-ring (bicyclic) bond motifs is 3. The second-order valence-electron chi connectivity index (χ2n) is 10.5. The van der Waals surface area contributed by atoms with Crippen molar-refractivity contribution in [3.8, 4) is 11.1 Å². The Morgan fingerprint density at radius 3 is 2.25 bits per heavy atom. The van der Waals surface area contributed by atoms with E-state index in [1.165, 1.54) is 5.56 Å². The van der Waals surface area contributed by atoms with Gasteiger partial charge in [-0.1, -0.05) is 78.9 Å². The largest absolute Gasteiger partial charge is 0.481 e. The Kier molecular flexibility index (Phi) is 8.76. The van der Waals surface area contributed by atoms with Crippen LogP contribution in [0, 0.1) is 0 Å². The molecule has 3 aromatic carbocycles. The molecule has 8 nitrogen and oxygen atoms in total. The number of carboxylic acid groups (broad SMARTS) is 1. The summed E-state index contributed by atoms with van der Waals surface area (Å²) in [5, 5.41) is 14.8. The second-order valence-corrected chi connectivity index (χ2v) is 10.5. The van der Waals surface area contributed by atoms with Crippen molar-refractivity contribution in [3.05, 3.63) is 95.6 Å². The third-order valence-electron chi connectivity index (χ3n) is 7.84. The maximum Gasteiger partial charge on any atom is 0.407 e. The smallest absolute Gasteiger partial charge is 0.407 e. The molecule has 0 spiro atoms. The van der Waals surface area contributed by atoms with E-state index in [0.29, 0.717) is 6.54 Å². The summed E-state index contributed by atoms with van der Waals surface area (Å²) in [6.45, 7) is 2.31. The van der Waals surface area contributed by atoms with E-state index in [4.69, 9.17) is 4.74 Å². The number of carbonyl (C=O) groups excluding carboxylic acids is 2. The Hall–Kier alpha value is -4.17. The van der Waals surface area contributed by atoms with Crippen LogP contribution in [0.3, 0.4) is 0 Å². The summed E-state index contributed by atoms with van der Waals surface area (Å²) >= 11 is 0. The van der Waals surface area contributed by atoms with Crippen molar-refractivity contribution in [1.82, 2.24) is 15.5 Å². The first-order chi connectivity index (χ1) is 19.5. The molecule has 1 aliphatic carbocycles. The van der Waals surface area contributed by atoms with Crippen LogP contribution in [0.4, 0.5) is 4.79 Å². The van der Waals surface area contributed by atoms with Crippen molar-refractivity contribution in [3.63, 3.8) is 0 Å². The van der Waals surface area contributed by atoms with Crippen molar-refractivity contribution in [2.24, 2.45) is 0 Å². The number of likely N-dealkylation sites (tertiary alicyclic amines) is 1. The molecule has 208 valence electrons. The van der Waals surface area contributed by atoms with E-state index in [-0.39, 0.29) is 31.4 Å². The molecular formula is C32H35N3O5. The fourth-order valence-corrected chi connectivity index (χ4v) is 5.81. The van der Waals surface area contributed by atoms with Crippen molar-refractivity contribution >= 4 is 18.0 Å². The third-order valence-corrected chi connectivity index (χ3v) is 7.84. The number of rotatable bonds is 11. The fraction of sp³-hybridized carbons (Fsp3) is 0.344. The first kappa shape index (κ1) is 27.4. The Labute approximate surface area is 234 Å². The van der Waals surface area contributed by atoms with Gasteiger partial charge in [0.1, 0.15) is 12.6 Å². The summed E-state index contributed by atoms with van der Waals surface area (Å²) in [5.74, 6) is -1.54. The standard InChI is InChI=1S/C32H35N3O5/c36-30(37)17-16-29(31(38)33-19-23-11-8-18-35(23)20-22-9-2-1-3-10-22)34-32(39)40-21-28-26-14-6-4-12-24(26)25-13-5-7-15-27(25)28/h1-7,9-10,12-15,23,28-29H,8,11,16-21H2,(H,33,38)(H,34,39)(H,36,37). The van der Waals surface area contributed by atoms with Gasteiger partial charge in [-0.25, -0.2) is 4.79 Å². The zero-order chi connectivity index (χ0) is 27.9. The topological polar surface area (TPSA) is 108 Å². The Morgan fingerprint density at radius 2 is 1.57 bits per heavy atom. The highest BCUT2D eigenvalue weighted by atomic mass is 16.5. The number of amides is 2. The number of hydrogen-bond acceptors (Lipinski definition) is 5. The molecule has 0 saturated carbocycles. The van der Waals surface area contributed by atoms with Gasteiger partial charge >= 0.3 is 12.1 Å². The number of alkyl carbamates (subject to hydrolysis) is 1. The van der Waals surface area contributed by atoms with E-state index in [0.717, 1.165) is 48.2 Å². The first-order valence-electron chi connectivity index (χ1n) is 13.9. The van der Waals surface area contributed by atoms with Gasteiger partial charge in [-0.15, -0.1) is 0 Å². The van der Waals surface area contributed by atoms with Gasteiger partial charge in [-0.2, -0.15) is 0 Å². The summed E-state index contributed by atoms with van der Waals surface area (Å²) in [7, 11) is 0. The zero-order valence-corrected chi connectivity index (χ0v) is 22.4. The number of aliphatic carboxylic acids is 1. The van der Waals surface area contributed by atoms with Crippen LogP contribution in [-0.2, 0) is 20.9 Å². The molecule has 0 aromatic heterocycles. The Morgan fingerprint density at radius 1 is 0.925 bits per heavy atom. The molecule has 3 aromatic rings. The molecule has 1 fully saturated rings. The molecule has 40 heavy (non-hydrogen) atoms. The number of carboxylic acids is 1. The molecule has 2 atom stereocenters. The summed E-state index contributed by atoms with van der Waals surface area (Å²) < 4.78 is 5.60. The highest BCUT2D eigenvalue weighted by molar-refractivity contribution is 5.86. The van der Waals surface area contributed by atoms with Crippen LogP contribution in [0.1, 0.15) is 48.3 Å². The molecule has 1 aliphatic heterocycles. The Bertz CT molecular complexity index is 1300. The van der Waals surface area contributed by atoms with Gasteiger partial charge in [-0.3, -0.25) is 14.5 Å². The minimum absolute atomic E-state index is 0.0240. The lowest BCUT2D eigenvalue weighted by molar-refractivity contribution is -0.137. The summed E-state index contributed by atoms with van der Waals surface area (Å²) in [6.07, 6.45) is 1.01. The molecular weight excluding hydrogens is 506 g/mol. The molecule has 2 aliphatic rings. The maximum absolute atomic E-state index is 13.1. The number of nitrogens with zero attached hydrogens (tertiary/aromatic N) is 1. The lowest BCUT2D eigenvalue weighted by Gasteiger charge is -2.26. The quantitative estimate of drug-likeness (QED) is 0.329. The lowest BCUT2D eigenvalue weighted by Crippen LogP contribution is -2.50. The maximum atomic E-state index is 13.1. The molecule has 1 saturated heterocycles. The van der Waals surface area contributed by atoms with Crippen LogP contribution >= 0.6 is 0 Å². The van der Waals surface area contributed by atoms with Gasteiger partial charge in [0.2, 0.25) is 5.91 Å². The molecule has 0 radical (unpaired) electrons. The van der Waals surface area contributed by atoms with E-state index >= 15 is 0 Å². The molecule has 2 unspecified atom stereocenters. The molecule has 2 amide bonds. The number of hydrogen-bond donors (Lipinski definition) is 3. The predicted molar refractivity (Wildman–Crippen MR) is 152 cm³/mol.